The summed E-state index contributed by atoms with van der Waals surface area (Å²) in [6.45, 7) is 7.78. The first-order valence-corrected chi connectivity index (χ1v) is 5.45. The van der Waals surface area contributed by atoms with E-state index in [1.165, 1.54) is 0 Å². The fourth-order valence-electron chi connectivity index (χ4n) is 0.381. The summed E-state index contributed by atoms with van der Waals surface area (Å²) < 4.78 is 9.49. The monoisotopic (exact) mass is 164 g/mol. The molecule has 0 aromatic rings. The second-order valence-corrected chi connectivity index (χ2v) is 7.29. The summed E-state index contributed by atoms with van der Waals surface area (Å²) in [6, 6.07) is 0. The Morgan fingerprint density at radius 1 is 1.10 bits per heavy atom. The van der Waals surface area contributed by atoms with Gasteiger partial charge in [0.2, 0.25) is 0 Å². The average molecular weight is 164 g/mol. The van der Waals surface area contributed by atoms with Crippen molar-refractivity contribution in [1.29, 1.82) is 0 Å². The van der Waals surface area contributed by atoms with Gasteiger partial charge < -0.3 is 9.05 Å². The summed E-state index contributed by atoms with van der Waals surface area (Å²) in [7, 11) is -2.34. The van der Waals surface area contributed by atoms with E-state index in [-0.39, 0.29) is 5.04 Å². The predicted molar refractivity (Wildman–Crippen MR) is 41.9 cm³/mol. The van der Waals surface area contributed by atoms with Gasteiger partial charge in [0, 0.05) is 5.04 Å². The maximum atomic E-state index is 5.06. The Labute approximate surface area is 62.6 Å². The molecule has 0 heterocycles. The number of rotatable bonds is 2. The van der Waals surface area contributed by atoms with Crippen molar-refractivity contribution < 1.29 is 9.05 Å². The lowest BCUT2D eigenvalue weighted by molar-refractivity contribution is 0.157. The molecule has 5 heteroatoms. The van der Waals surface area contributed by atoms with Crippen LogP contribution in [0.25, 0.3) is 0 Å². The van der Waals surface area contributed by atoms with Gasteiger partial charge in [-0.25, -0.2) is 11.8 Å². The maximum Gasteiger partial charge on any atom is 0.378 e. The third-order valence-corrected chi connectivity index (χ3v) is 5.44. The van der Waals surface area contributed by atoms with Crippen LogP contribution in [0, 0.1) is 0 Å². The topological polar surface area (TPSA) is 70.5 Å². The van der Waals surface area contributed by atoms with E-state index in [4.69, 9.17) is 20.8 Å². The normalized spacial score (nSPS) is 13.8. The Morgan fingerprint density at radius 2 is 1.40 bits per heavy atom. The Hall–Kier alpha value is 0.0569. The number of hydrogen-bond acceptors (Lipinski definition) is 4. The summed E-state index contributed by atoms with van der Waals surface area (Å²) in [6.07, 6.45) is 0. The van der Waals surface area contributed by atoms with Crippen LogP contribution < -0.4 is 11.8 Å². The molecule has 4 N–H and O–H groups in total. The molecular formula is C5H16N2O2Si. The molecule has 0 bridgehead atoms. The molecule has 0 aliphatic carbocycles. The van der Waals surface area contributed by atoms with Crippen LogP contribution in [0.1, 0.15) is 20.8 Å². The highest BCUT2D eigenvalue weighted by Gasteiger charge is 2.44. The summed E-state index contributed by atoms with van der Waals surface area (Å²) in [5.41, 5.74) is 0. The summed E-state index contributed by atoms with van der Waals surface area (Å²) >= 11 is 0. The first kappa shape index (κ1) is 10.1. The highest BCUT2D eigenvalue weighted by atomic mass is 28.4. The molecule has 62 valence electrons. The van der Waals surface area contributed by atoms with Gasteiger partial charge in [-0.1, -0.05) is 20.8 Å². The summed E-state index contributed by atoms with van der Waals surface area (Å²) in [5, 5.41) is -0.101. The Balaban J connectivity index is 4.33. The van der Waals surface area contributed by atoms with E-state index in [9.17, 15) is 0 Å². The molecule has 10 heavy (non-hydrogen) atoms. The Bertz CT molecular complexity index is 109. The van der Waals surface area contributed by atoms with E-state index in [2.05, 4.69) is 0 Å². The van der Waals surface area contributed by atoms with Gasteiger partial charge in [-0.3, -0.25) is 0 Å². The molecule has 0 aliphatic heterocycles. The van der Waals surface area contributed by atoms with Crippen molar-refractivity contribution in [2.45, 2.75) is 32.4 Å². The smallest absolute Gasteiger partial charge is 0.314 e. The van der Waals surface area contributed by atoms with E-state index in [1.54, 1.807) is 0 Å². The van der Waals surface area contributed by atoms with Crippen molar-refractivity contribution in [3.8, 4) is 0 Å². The van der Waals surface area contributed by atoms with Gasteiger partial charge in [0.1, 0.15) is 0 Å². The van der Waals surface area contributed by atoms with Gasteiger partial charge >= 0.3 is 8.56 Å². The van der Waals surface area contributed by atoms with Gasteiger partial charge in [-0.05, 0) is 6.55 Å². The van der Waals surface area contributed by atoms with Gasteiger partial charge in [0.25, 0.3) is 0 Å². The second-order valence-electron chi connectivity index (χ2n) is 3.43. The van der Waals surface area contributed by atoms with Crippen molar-refractivity contribution in [2.75, 3.05) is 0 Å². The Kier molecular flexibility index (Phi) is 2.99. The molecule has 0 aliphatic rings. The first-order chi connectivity index (χ1) is 4.37. The van der Waals surface area contributed by atoms with E-state index in [1.807, 2.05) is 27.3 Å². The van der Waals surface area contributed by atoms with Crippen molar-refractivity contribution in [3.63, 3.8) is 0 Å². The minimum absolute atomic E-state index is 0.101. The van der Waals surface area contributed by atoms with Crippen molar-refractivity contribution in [3.05, 3.63) is 0 Å². The predicted octanol–water partition coefficient (Wildman–Crippen LogP) is 0.639. The second kappa shape index (κ2) is 2.98. The lowest BCUT2D eigenvalue weighted by Gasteiger charge is -2.33. The third-order valence-electron chi connectivity index (χ3n) is 1.81. The molecule has 0 rings (SSSR count). The minimum Gasteiger partial charge on any atom is -0.314 e. The zero-order valence-corrected chi connectivity index (χ0v) is 7.97. The molecule has 0 amide bonds. The molecule has 0 aromatic carbocycles. The lowest BCUT2D eigenvalue weighted by Crippen LogP contribution is -2.51. The molecule has 0 fully saturated rings. The zero-order valence-electron chi connectivity index (χ0n) is 6.97. The molecule has 0 aromatic heterocycles. The molecule has 0 saturated carbocycles. The standard InChI is InChI=1S/C5H16N2O2Si/c1-5(2,3)10(4,8-6)9-7/h6-7H2,1-4H3. The first-order valence-electron chi connectivity index (χ1n) is 3.13. The van der Waals surface area contributed by atoms with Crippen LogP contribution in [0.2, 0.25) is 11.6 Å². The van der Waals surface area contributed by atoms with Crippen LogP contribution in [0.3, 0.4) is 0 Å². The highest BCUT2D eigenvalue weighted by Crippen LogP contribution is 2.35. The van der Waals surface area contributed by atoms with Crippen LogP contribution in [-0.4, -0.2) is 8.56 Å². The van der Waals surface area contributed by atoms with Crippen LogP contribution in [0.5, 0.6) is 0 Å². The SMILES string of the molecule is CC(C)(C)[Si](C)(ON)ON. The van der Waals surface area contributed by atoms with Gasteiger partial charge in [-0.15, -0.1) is 0 Å². The number of hydrogen-bond donors (Lipinski definition) is 2. The number of nitrogens with two attached hydrogens (primary N) is 2. The van der Waals surface area contributed by atoms with Crippen LogP contribution >= 0.6 is 0 Å². The highest BCUT2D eigenvalue weighted by molar-refractivity contribution is 6.68. The molecule has 0 unspecified atom stereocenters. The van der Waals surface area contributed by atoms with E-state index in [0.717, 1.165) is 0 Å². The largest absolute Gasteiger partial charge is 0.378 e. The molecule has 0 spiro atoms. The van der Waals surface area contributed by atoms with E-state index >= 15 is 0 Å². The fourth-order valence-corrected chi connectivity index (χ4v) is 1.14. The van der Waals surface area contributed by atoms with Crippen LogP contribution in [0.15, 0.2) is 0 Å². The van der Waals surface area contributed by atoms with Crippen molar-refractivity contribution in [2.24, 2.45) is 11.8 Å². The quantitative estimate of drug-likeness (QED) is 0.464. The summed E-state index contributed by atoms with van der Waals surface area (Å²) in [5.74, 6) is 10.1. The van der Waals surface area contributed by atoms with Crippen LogP contribution in [0.4, 0.5) is 0 Å². The fraction of sp³-hybridized carbons (Fsp3) is 1.00. The minimum atomic E-state index is -2.34. The maximum absolute atomic E-state index is 5.06. The van der Waals surface area contributed by atoms with Gasteiger partial charge in [0.05, 0.1) is 0 Å². The van der Waals surface area contributed by atoms with Gasteiger partial charge in [-0.2, -0.15) is 0 Å². The average Bonchev–Trinajstić information content (AvgIpc) is 1.84. The summed E-state index contributed by atoms with van der Waals surface area (Å²) in [4.78, 5) is 0. The Morgan fingerprint density at radius 3 is 1.40 bits per heavy atom. The lowest BCUT2D eigenvalue weighted by atomic mass is 10.3. The van der Waals surface area contributed by atoms with Gasteiger partial charge in [0.15, 0.2) is 0 Å². The van der Waals surface area contributed by atoms with E-state index < -0.39 is 8.56 Å². The zero-order chi connectivity index (χ0) is 8.41. The van der Waals surface area contributed by atoms with E-state index in [0.29, 0.717) is 0 Å². The van der Waals surface area contributed by atoms with Crippen molar-refractivity contribution in [1.82, 2.24) is 0 Å². The van der Waals surface area contributed by atoms with Crippen LogP contribution in [-0.2, 0) is 9.05 Å². The molecule has 0 saturated heterocycles. The molecule has 0 radical (unpaired) electrons. The third kappa shape index (κ3) is 1.77. The molecule has 4 nitrogen and oxygen atoms in total. The molecular weight excluding hydrogens is 148 g/mol. The molecule has 0 atom stereocenters. The van der Waals surface area contributed by atoms with Crippen molar-refractivity contribution >= 4 is 8.56 Å².